The fraction of sp³-hybridized carbons (Fsp3) is 0.316. The van der Waals surface area contributed by atoms with E-state index in [-0.39, 0.29) is 12.0 Å². The van der Waals surface area contributed by atoms with Crippen molar-refractivity contribution in [3.63, 3.8) is 0 Å². The Morgan fingerprint density at radius 3 is 2.45 bits per heavy atom. The number of rotatable bonds is 2. The minimum atomic E-state index is 0.153. The molecular weight excluding hydrogens is 272 g/mol. The van der Waals surface area contributed by atoms with Crippen LogP contribution in [0, 0.1) is 5.92 Å². The van der Waals surface area contributed by atoms with Gasteiger partial charge in [-0.2, -0.15) is 0 Å². The molecular formula is C19H20N2O. The summed E-state index contributed by atoms with van der Waals surface area (Å²) in [6.45, 7) is 0.705. The van der Waals surface area contributed by atoms with E-state index in [1.165, 1.54) is 12.0 Å². The summed E-state index contributed by atoms with van der Waals surface area (Å²) in [6, 6.07) is 18.7. The number of carbonyl (C=O) groups excluding carboxylic acids is 1. The maximum atomic E-state index is 12.8. The highest BCUT2D eigenvalue weighted by Gasteiger charge is 2.34. The van der Waals surface area contributed by atoms with Crippen molar-refractivity contribution in [1.82, 2.24) is 0 Å². The maximum absolute atomic E-state index is 12.8. The van der Waals surface area contributed by atoms with Crippen LogP contribution in [0.25, 0.3) is 0 Å². The molecule has 2 aromatic carbocycles. The van der Waals surface area contributed by atoms with Crippen molar-refractivity contribution in [2.24, 2.45) is 5.92 Å². The van der Waals surface area contributed by atoms with Gasteiger partial charge in [-0.1, -0.05) is 48.9 Å². The van der Waals surface area contributed by atoms with E-state index in [2.05, 4.69) is 35.6 Å². The van der Waals surface area contributed by atoms with Crippen LogP contribution in [-0.4, -0.2) is 12.5 Å². The van der Waals surface area contributed by atoms with Gasteiger partial charge in [0, 0.05) is 5.92 Å². The molecule has 1 heterocycles. The van der Waals surface area contributed by atoms with Gasteiger partial charge in [-0.3, -0.25) is 4.79 Å². The Balaban J connectivity index is 1.68. The summed E-state index contributed by atoms with van der Waals surface area (Å²) in [5.74, 6) is 0.517. The molecule has 1 aliphatic heterocycles. The number of anilines is 2. The lowest BCUT2D eigenvalue weighted by atomic mass is 9.84. The van der Waals surface area contributed by atoms with Gasteiger partial charge in [0.25, 0.3) is 0 Å². The molecule has 1 atom stereocenters. The lowest BCUT2D eigenvalue weighted by Crippen LogP contribution is -2.45. The number of benzene rings is 2. The number of carbonyl (C=O) groups is 1. The Morgan fingerprint density at radius 1 is 1.00 bits per heavy atom. The van der Waals surface area contributed by atoms with Crippen molar-refractivity contribution in [1.29, 1.82) is 0 Å². The smallest absolute Gasteiger partial charge is 0.230 e. The summed E-state index contributed by atoms with van der Waals surface area (Å²) in [7, 11) is 0. The van der Waals surface area contributed by atoms with Crippen molar-refractivity contribution in [3.8, 4) is 0 Å². The molecule has 0 spiro atoms. The van der Waals surface area contributed by atoms with Gasteiger partial charge in [-0.05, 0) is 30.5 Å². The zero-order chi connectivity index (χ0) is 14.9. The van der Waals surface area contributed by atoms with Gasteiger partial charge in [-0.15, -0.1) is 0 Å². The monoisotopic (exact) mass is 292 g/mol. The van der Waals surface area contributed by atoms with Gasteiger partial charge in [0.2, 0.25) is 5.91 Å². The van der Waals surface area contributed by atoms with Crippen molar-refractivity contribution < 1.29 is 4.79 Å². The minimum Gasteiger partial charge on any atom is -0.375 e. The van der Waals surface area contributed by atoms with Crippen LogP contribution in [-0.2, 0) is 4.79 Å². The summed E-state index contributed by atoms with van der Waals surface area (Å²) in [5, 5.41) is 3.58. The third-order valence-electron chi connectivity index (χ3n) is 4.81. The predicted octanol–water partition coefficient (Wildman–Crippen LogP) is 3.99. The highest BCUT2D eigenvalue weighted by atomic mass is 16.2. The number of nitrogens with one attached hydrogen (secondary N) is 1. The molecule has 1 amide bonds. The molecule has 1 aliphatic carbocycles. The predicted molar refractivity (Wildman–Crippen MR) is 88.9 cm³/mol. The largest absolute Gasteiger partial charge is 0.375 e. The molecule has 0 radical (unpaired) electrons. The van der Waals surface area contributed by atoms with Crippen molar-refractivity contribution in [3.05, 3.63) is 60.2 Å². The molecule has 1 fully saturated rings. The molecule has 0 bridgehead atoms. The molecule has 0 saturated heterocycles. The number of hydrogen-bond donors (Lipinski definition) is 1. The molecule has 1 N–H and O–H groups in total. The summed E-state index contributed by atoms with van der Waals surface area (Å²) >= 11 is 0. The van der Waals surface area contributed by atoms with E-state index >= 15 is 0 Å². The number of fused-ring (bicyclic) bond motifs is 1. The molecule has 112 valence electrons. The van der Waals surface area contributed by atoms with Crippen molar-refractivity contribution in [2.45, 2.75) is 25.3 Å². The summed E-state index contributed by atoms with van der Waals surface area (Å²) in [5.41, 5.74) is 3.30. The van der Waals surface area contributed by atoms with E-state index in [0.29, 0.717) is 12.5 Å². The quantitative estimate of drug-likeness (QED) is 0.908. The molecule has 2 aromatic rings. The highest BCUT2D eigenvalue weighted by Crippen LogP contribution is 2.38. The Bertz CT molecular complexity index is 679. The Kier molecular flexibility index (Phi) is 3.34. The van der Waals surface area contributed by atoms with Crippen molar-refractivity contribution in [2.75, 3.05) is 16.8 Å². The molecule has 2 aliphatic rings. The maximum Gasteiger partial charge on any atom is 0.230 e. The van der Waals surface area contributed by atoms with Gasteiger partial charge < -0.3 is 10.2 Å². The van der Waals surface area contributed by atoms with E-state index in [9.17, 15) is 4.79 Å². The minimum absolute atomic E-state index is 0.153. The summed E-state index contributed by atoms with van der Waals surface area (Å²) < 4.78 is 0. The lowest BCUT2D eigenvalue weighted by molar-refractivity contribution is -0.124. The molecule has 0 aromatic heterocycles. The van der Waals surface area contributed by atoms with E-state index < -0.39 is 0 Å². The highest BCUT2D eigenvalue weighted by molar-refractivity contribution is 5.99. The normalized spacial score (nSPS) is 20.7. The molecule has 4 rings (SSSR count). The van der Waals surface area contributed by atoms with Crippen LogP contribution in [0.1, 0.15) is 30.9 Å². The number of hydrogen-bond acceptors (Lipinski definition) is 2. The molecule has 3 heteroatoms. The van der Waals surface area contributed by atoms with Gasteiger partial charge in [0.15, 0.2) is 0 Å². The molecule has 22 heavy (non-hydrogen) atoms. The fourth-order valence-electron chi connectivity index (χ4n) is 3.30. The van der Waals surface area contributed by atoms with Crippen molar-refractivity contribution >= 4 is 17.3 Å². The van der Waals surface area contributed by atoms with E-state index in [1.54, 1.807) is 0 Å². The number of para-hydroxylation sites is 2. The molecule has 3 nitrogen and oxygen atoms in total. The second-order valence-corrected chi connectivity index (χ2v) is 6.20. The number of nitrogens with zero attached hydrogens (tertiary/aromatic N) is 1. The second kappa shape index (κ2) is 5.48. The van der Waals surface area contributed by atoms with Gasteiger partial charge in [0.05, 0.1) is 24.0 Å². The van der Waals surface area contributed by atoms with E-state index in [0.717, 1.165) is 24.2 Å². The van der Waals surface area contributed by atoms with Crippen LogP contribution in [0.2, 0.25) is 0 Å². The van der Waals surface area contributed by atoms with Crippen LogP contribution in [0.4, 0.5) is 11.4 Å². The summed E-state index contributed by atoms with van der Waals surface area (Å²) in [4.78, 5) is 14.8. The van der Waals surface area contributed by atoms with Crippen LogP contribution in [0.15, 0.2) is 54.6 Å². The SMILES string of the molecule is O=C(C1CCC1)N1CC(c2ccccc2)Nc2ccccc21. The average molecular weight is 292 g/mol. The Morgan fingerprint density at radius 2 is 1.73 bits per heavy atom. The van der Waals surface area contributed by atoms with E-state index in [4.69, 9.17) is 0 Å². The fourth-order valence-corrected chi connectivity index (χ4v) is 3.30. The Labute approximate surface area is 131 Å². The second-order valence-electron chi connectivity index (χ2n) is 6.20. The van der Waals surface area contributed by atoms with Gasteiger partial charge in [0.1, 0.15) is 0 Å². The topological polar surface area (TPSA) is 32.3 Å². The lowest BCUT2D eigenvalue weighted by Gasteiger charge is -2.39. The molecule has 1 saturated carbocycles. The first-order chi connectivity index (χ1) is 10.8. The standard InChI is InChI=1S/C19H20N2O/c22-19(15-9-6-10-15)21-13-17(14-7-2-1-3-8-14)20-16-11-4-5-12-18(16)21/h1-5,7-8,11-12,15,17,20H,6,9-10,13H2. The van der Waals surface area contributed by atoms with Crippen LogP contribution < -0.4 is 10.2 Å². The van der Waals surface area contributed by atoms with Crippen LogP contribution in [0.5, 0.6) is 0 Å². The first-order valence-electron chi connectivity index (χ1n) is 8.05. The summed E-state index contributed by atoms with van der Waals surface area (Å²) in [6.07, 6.45) is 3.27. The Hall–Kier alpha value is -2.29. The molecule has 1 unspecified atom stereocenters. The van der Waals surface area contributed by atoms with Gasteiger partial charge in [-0.25, -0.2) is 0 Å². The third kappa shape index (κ3) is 2.27. The first kappa shape index (κ1) is 13.4. The zero-order valence-corrected chi connectivity index (χ0v) is 12.5. The average Bonchev–Trinajstić information content (AvgIpc) is 2.53. The van der Waals surface area contributed by atoms with E-state index in [1.807, 2.05) is 29.2 Å². The zero-order valence-electron chi connectivity index (χ0n) is 12.5. The number of amides is 1. The van der Waals surface area contributed by atoms with Crippen LogP contribution >= 0.6 is 0 Å². The third-order valence-corrected chi connectivity index (χ3v) is 4.81. The van der Waals surface area contributed by atoms with Gasteiger partial charge >= 0.3 is 0 Å². The first-order valence-corrected chi connectivity index (χ1v) is 8.05. The van der Waals surface area contributed by atoms with Crippen LogP contribution in [0.3, 0.4) is 0 Å².